The van der Waals surface area contributed by atoms with Gasteiger partial charge in [-0.25, -0.2) is 9.78 Å². The van der Waals surface area contributed by atoms with Crippen molar-refractivity contribution in [2.45, 2.75) is 25.7 Å². The highest BCUT2D eigenvalue weighted by Gasteiger charge is 2.31. The van der Waals surface area contributed by atoms with E-state index >= 15 is 0 Å². The predicted molar refractivity (Wildman–Crippen MR) is 71.5 cm³/mol. The van der Waals surface area contributed by atoms with Crippen LogP contribution in [0.5, 0.6) is 0 Å². The molecule has 3 rings (SSSR count). The zero-order valence-corrected chi connectivity index (χ0v) is 11.6. The topological polar surface area (TPSA) is 57.0 Å². The molecule has 6 heteroatoms. The highest BCUT2D eigenvalue weighted by molar-refractivity contribution is 6.38. The van der Waals surface area contributed by atoms with Crippen LogP contribution in [0.15, 0.2) is 6.20 Å². The summed E-state index contributed by atoms with van der Waals surface area (Å²) in [6.07, 6.45) is 3.69. The standard InChI is InChI=1S/C13H14ClN3O2/c1-3-19-13(18)8-6-15-12-9(10(8)14)11(7-4-5-7)16-17(12)2/h6-7H,3-5H2,1-2H3. The van der Waals surface area contributed by atoms with Crippen molar-refractivity contribution in [2.24, 2.45) is 7.05 Å². The van der Waals surface area contributed by atoms with E-state index in [1.807, 2.05) is 7.05 Å². The Morgan fingerprint density at radius 2 is 2.32 bits per heavy atom. The average Bonchev–Trinajstić information content (AvgIpc) is 3.16. The number of fused-ring (bicyclic) bond motifs is 1. The molecule has 0 spiro atoms. The summed E-state index contributed by atoms with van der Waals surface area (Å²) in [5, 5.41) is 5.67. The first-order chi connectivity index (χ1) is 9.13. The van der Waals surface area contributed by atoms with E-state index in [1.54, 1.807) is 11.6 Å². The van der Waals surface area contributed by atoms with Crippen LogP contribution in [0.4, 0.5) is 0 Å². The van der Waals surface area contributed by atoms with Crippen molar-refractivity contribution >= 4 is 28.6 Å². The van der Waals surface area contributed by atoms with Gasteiger partial charge in [-0.1, -0.05) is 11.6 Å². The summed E-state index contributed by atoms with van der Waals surface area (Å²) in [4.78, 5) is 16.1. The van der Waals surface area contributed by atoms with Gasteiger partial charge in [0.05, 0.1) is 28.3 Å². The highest BCUT2D eigenvalue weighted by atomic mass is 35.5. The van der Waals surface area contributed by atoms with E-state index in [1.165, 1.54) is 6.20 Å². The number of aryl methyl sites for hydroxylation is 1. The molecule has 19 heavy (non-hydrogen) atoms. The number of ether oxygens (including phenoxy) is 1. The number of rotatable bonds is 3. The van der Waals surface area contributed by atoms with Crippen LogP contribution in [0.2, 0.25) is 5.02 Å². The minimum absolute atomic E-state index is 0.311. The van der Waals surface area contributed by atoms with Crippen LogP contribution < -0.4 is 0 Å². The number of aromatic nitrogens is 3. The van der Waals surface area contributed by atoms with Crippen molar-refractivity contribution < 1.29 is 9.53 Å². The fourth-order valence-electron chi connectivity index (χ4n) is 2.20. The van der Waals surface area contributed by atoms with Crippen LogP contribution in [-0.2, 0) is 11.8 Å². The molecule has 2 heterocycles. The van der Waals surface area contributed by atoms with E-state index in [0.717, 1.165) is 23.9 Å². The maximum atomic E-state index is 11.8. The van der Waals surface area contributed by atoms with Gasteiger partial charge in [0, 0.05) is 19.2 Å². The summed E-state index contributed by atoms with van der Waals surface area (Å²) in [5.74, 6) is 0.00736. The molecule has 1 aliphatic carbocycles. The summed E-state index contributed by atoms with van der Waals surface area (Å²) >= 11 is 6.37. The smallest absolute Gasteiger partial charge is 0.341 e. The van der Waals surface area contributed by atoms with Crippen molar-refractivity contribution in [1.82, 2.24) is 14.8 Å². The van der Waals surface area contributed by atoms with Gasteiger partial charge in [-0.2, -0.15) is 5.10 Å². The van der Waals surface area contributed by atoms with Crippen molar-refractivity contribution in [3.63, 3.8) is 0 Å². The van der Waals surface area contributed by atoms with E-state index in [9.17, 15) is 4.79 Å². The Morgan fingerprint density at radius 3 is 2.95 bits per heavy atom. The second-order valence-corrected chi connectivity index (χ2v) is 5.07. The van der Waals surface area contributed by atoms with Gasteiger partial charge in [-0.3, -0.25) is 4.68 Å². The molecule has 0 amide bonds. The number of hydrogen-bond acceptors (Lipinski definition) is 4. The first kappa shape index (κ1) is 12.4. The van der Waals surface area contributed by atoms with E-state index in [0.29, 0.717) is 28.8 Å². The summed E-state index contributed by atoms with van der Waals surface area (Å²) in [7, 11) is 1.83. The fourth-order valence-corrected chi connectivity index (χ4v) is 2.51. The van der Waals surface area contributed by atoms with Gasteiger partial charge in [-0.15, -0.1) is 0 Å². The maximum absolute atomic E-state index is 11.8. The quantitative estimate of drug-likeness (QED) is 0.811. The molecule has 1 aliphatic rings. The van der Waals surface area contributed by atoms with E-state index in [2.05, 4.69) is 10.1 Å². The Labute approximate surface area is 115 Å². The molecule has 1 saturated carbocycles. The lowest BCUT2D eigenvalue weighted by Gasteiger charge is -2.05. The second kappa shape index (κ2) is 4.49. The number of pyridine rings is 1. The first-order valence-corrected chi connectivity index (χ1v) is 6.69. The van der Waals surface area contributed by atoms with Crippen LogP contribution in [0.1, 0.15) is 41.7 Å². The molecule has 0 aliphatic heterocycles. The lowest BCUT2D eigenvalue weighted by molar-refractivity contribution is 0.0526. The third kappa shape index (κ3) is 1.98. The third-order valence-corrected chi connectivity index (χ3v) is 3.67. The Morgan fingerprint density at radius 1 is 1.58 bits per heavy atom. The Kier molecular flexibility index (Phi) is 2.93. The number of hydrogen-bond donors (Lipinski definition) is 0. The Hall–Kier alpha value is -1.62. The minimum atomic E-state index is -0.437. The molecular weight excluding hydrogens is 266 g/mol. The SMILES string of the molecule is CCOC(=O)c1cnc2c(c(C3CC3)nn2C)c1Cl. The third-order valence-electron chi connectivity index (χ3n) is 3.28. The number of carbonyl (C=O) groups excluding carboxylic acids is 1. The van der Waals surface area contributed by atoms with E-state index in [-0.39, 0.29) is 0 Å². The lowest BCUT2D eigenvalue weighted by Crippen LogP contribution is -2.06. The number of esters is 1. The maximum Gasteiger partial charge on any atom is 0.341 e. The predicted octanol–water partition coefficient (Wildman–Crippen LogP) is 2.68. The molecule has 0 aromatic carbocycles. The van der Waals surface area contributed by atoms with Gasteiger partial charge >= 0.3 is 5.97 Å². The van der Waals surface area contributed by atoms with Crippen LogP contribution in [0.25, 0.3) is 11.0 Å². The molecule has 0 unspecified atom stereocenters. The molecule has 0 atom stereocenters. The molecule has 2 aromatic heterocycles. The van der Waals surface area contributed by atoms with Gasteiger partial charge < -0.3 is 4.74 Å². The van der Waals surface area contributed by atoms with Crippen LogP contribution >= 0.6 is 11.6 Å². The van der Waals surface area contributed by atoms with Crippen molar-refractivity contribution in [3.8, 4) is 0 Å². The van der Waals surface area contributed by atoms with Gasteiger partial charge in [0.2, 0.25) is 0 Å². The molecule has 0 bridgehead atoms. The van der Waals surface area contributed by atoms with E-state index < -0.39 is 5.97 Å². The van der Waals surface area contributed by atoms with Gasteiger partial charge in [0.1, 0.15) is 0 Å². The molecule has 0 saturated heterocycles. The Bertz CT molecular complexity index is 661. The van der Waals surface area contributed by atoms with Gasteiger partial charge in [-0.05, 0) is 19.8 Å². The molecule has 100 valence electrons. The summed E-state index contributed by atoms with van der Waals surface area (Å²) < 4.78 is 6.70. The summed E-state index contributed by atoms with van der Waals surface area (Å²) in [5.41, 5.74) is 1.96. The number of halogens is 1. The molecule has 0 radical (unpaired) electrons. The van der Waals surface area contributed by atoms with Crippen LogP contribution in [0, 0.1) is 0 Å². The van der Waals surface area contributed by atoms with Gasteiger partial charge in [0.25, 0.3) is 0 Å². The molecule has 1 fully saturated rings. The van der Waals surface area contributed by atoms with Gasteiger partial charge in [0.15, 0.2) is 5.65 Å². The second-order valence-electron chi connectivity index (χ2n) is 4.69. The van der Waals surface area contributed by atoms with Crippen LogP contribution in [-0.4, -0.2) is 27.3 Å². The van der Waals surface area contributed by atoms with Crippen molar-refractivity contribution in [3.05, 3.63) is 22.5 Å². The molecule has 2 aromatic rings. The highest BCUT2D eigenvalue weighted by Crippen LogP contribution is 2.44. The number of carbonyl (C=O) groups is 1. The van der Waals surface area contributed by atoms with Crippen molar-refractivity contribution in [2.75, 3.05) is 6.61 Å². The first-order valence-electron chi connectivity index (χ1n) is 6.31. The van der Waals surface area contributed by atoms with E-state index in [4.69, 9.17) is 16.3 Å². The molecular formula is C13H14ClN3O2. The average molecular weight is 280 g/mol. The summed E-state index contributed by atoms with van der Waals surface area (Å²) in [6, 6.07) is 0. The largest absolute Gasteiger partial charge is 0.462 e. The van der Waals surface area contributed by atoms with Crippen molar-refractivity contribution in [1.29, 1.82) is 0 Å². The zero-order chi connectivity index (χ0) is 13.6. The zero-order valence-electron chi connectivity index (χ0n) is 10.8. The van der Waals surface area contributed by atoms with Crippen LogP contribution in [0.3, 0.4) is 0 Å². The lowest BCUT2D eigenvalue weighted by atomic mass is 10.1. The monoisotopic (exact) mass is 279 g/mol. The fraction of sp³-hybridized carbons (Fsp3) is 0.462. The molecule has 5 nitrogen and oxygen atoms in total. The Balaban J connectivity index is 2.19. The molecule has 0 N–H and O–H groups in total. The summed E-state index contributed by atoms with van der Waals surface area (Å²) in [6.45, 7) is 2.08. The number of nitrogens with zero attached hydrogens (tertiary/aromatic N) is 3. The minimum Gasteiger partial charge on any atom is -0.462 e. The normalized spacial score (nSPS) is 14.9.